The lowest BCUT2D eigenvalue weighted by Gasteiger charge is -2.17. The Balaban J connectivity index is 1.37. The van der Waals surface area contributed by atoms with E-state index in [2.05, 4.69) is 55.8 Å². The molecule has 0 spiro atoms. The normalized spacial score (nSPS) is 14.7. The van der Waals surface area contributed by atoms with Gasteiger partial charge in [-0.3, -0.25) is 4.79 Å². The number of nitrogens with zero attached hydrogens (tertiary/aromatic N) is 1. The molecule has 1 heterocycles. The highest BCUT2D eigenvalue weighted by molar-refractivity contribution is 6.32. The molecule has 0 saturated heterocycles. The van der Waals surface area contributed by atoms with E-state index in [1.165, 1.54) is 5.56 Å². The Kier molecular flexibility index (Phi) is 8.14. The Labute approximate surface area is 246 Å². The summed E-state index contributed by atoms with van der Waals surface area (Å²) in [6, 6.07) is 19.6. The van der Waals surface area contributed by atoms with Crippen LogP contribution in [0.5, 0.6) is 5.75 Å². The summed E-state index contributed by atoms with van der Waals surface area (Å²) in [7, 11) is 0. The predicted molar refractivity (Wildman–Crippen MR) is 163 cm³/mol. The van der Waals surface area contributed by atoms with E-state index in [9.17, 15) is 14.7 Å². The molecule has 2 N–H and O–H groups in total. The third kappa shape index (κ3) is 6.13. The van der Waals surface area contributed by atoms with E-state index >= 15 is 0 Å². The third-order valence-corrected chi connectivity index (χ3v) is 8.52. The summed E-state index contributed by atoms with van der Waals surface area (Å²) in [6.07, 6.45) is 0.823. The highest BCUT2D eigenvalue weighted by atomic mass is 35.5. The number of ether oxygens (including phenoxy) is 1. The topological polar surface area (TPSA) is 80.6 Å². The molecule has 41 heavy (non-hydrogen) atoms. The molecule has 1 aromatic heterocycles. The van der Waals surface area contributed by atoms with Gasteiger partial charge in [-0.15, -0.1) is 0 Å². The number of hydrogen-bond acceptors (Lipinski definition) is 3. The zero-order chi connectivity index (χ0) is 29.4. The largest absolute Gasteiger partial charge is 0.478 e. The molecule has 0 bridgehead atoms. The molecule has 0 radical (unpaired) electrons. The molecule has 7 heteroatoms. The molecule has 3 aromatic carbocycles. The second kappa shape index (κ2) is 11.6. The van der Waals surface area contributed by atoms with Crippen molar-refractivity contribution in [2.75, 3.05) is 0 Å². The minimum Gasteiger partial charge on any atom is -0.478 e. The number of hydrogen-bond donors (Lipinski definition) is 2. The summed E-state index contributed by atoms with van der Waals surface area (Å²) in [6.45, 7) is 11.0. The van der Waals surface area contributed by atoms with Gasteiger partial charge < -0.3 is 19.7 Å². The van der Waals surface area contributed by atoms with Crippen LogP contribution in [-0.2, 0) is 11.3 Å². The van der Waals surface area contributed by atoms with Crippen molar-refractivity contribution >= 4 is 34.4 Å². The first-order chi connectivity index (χ1) is 19.5. The standard InChI is InChI=1S/C34H37ClN2O4/c1-19(2)25-7-6-8-26(16-25)21(4)36-33(38)27-12-14-30-28(17-27)20(3)22(5)37(30)18-23-9-13-29(35)31(15-23)41-32(34(39)40)24-10-11-24/h6-9,12-17,19,21,24,32H,10-11,18H2,1-5H3,(H,36,38)(H,39,40)/t21-,32?/m0/s1. The fraction of sp³-hybridized carbons (Fsp3) is 0.353. The number of amides is 1. The van der Waals surface area contributed by atoms with Gasteiger partial charge in [-0.1, -0.05) is 55.8 Å². The number of aryl methyl sites for hydroxylation is 1. The van der Waals surface area contributed by atoms with Gasteiger partial charge in [-0.2, -0.15) is 0 Å². The van der Waals surface area contributed by atoms with Gasteiger partial charge in [0.15, 0.2) is 6.10 Å². The van der Waals surface area contributed by atoms with E-state index in [4.69, 9.17) is 16.3 Å². The zero-order valence-corrected chi connectivity index (χ0v) is 25.0. The summed E-state index contributed by atoms with van der Waals surface area (Å²) in [5, 5.41) is 14.2. The SMILES string of the molecule is Cc1c(C)n(Cc2ccc(Cl)c(OC(C(=O)O)C3CC3)c2)c2ccc(C(=O)N[C@@H](C)c3cccc(C(C)C)c3)cc12. The van der Waals surface area contributed by atoms with Crippen LogP contribution in [0.3, 0.4) is 0 Å². The molecular formula is C34H37ClN2O4. The predicted octanol–water partition coefficient (Wildman–Crippen LogP) is 7.82. The summed E-state index contributed by atoms with van der Waals surface area (Å²) in [5.74, 6) is -0.226. The van der Waals surface area contributed by atoms with E-state index in [0.29, 0.717) is 28.8 Å². The lowest BCUT2D eigenvalue weighted by Crippen LogP contribution is -2.29. The van der Waals surface area contributed by atoms with Gasteiger partial charge in [0.1, 0.15) is 5.75 Å². The van der Waals surface area contributed by atoms with Crippen LogP contribution < -0.4 is 10.1 Å². The van der Waals surface area contributed by atoms with Gasteiger partial charge in [-0.25, -0.2) is 4.79 Å². The molecule has 1 aliphatic rings. The molecule has 6 nitrogen and oxygen atoms in total. The van der Waals surface area contributed by atoms with Gasteiger partial charge in [0.2, 0.25) is 0 Å². The summed E-state index contributed by atoms with van der Waals surface area (Å²) >= 11 is 6.38. The molecule has 2 atom stereocenters. The van der Waals surface area contributed by atoms with Crippen LogP contribution in [0, 0.1) is 19.8 Å². The first-order valence-corrected chi connectivity index (χ1v) is 14.6. The quantitative estimate of drug-likeness (QED) is 0.203. The minimum atomic E-state index is -0.963. The van der Waals surface area contributed by atoms with E-state index in [0.717, 1.165) is 46.1 Å². The van der Waals surface area contributed by atoms with Gasteiger partial charge in [0.05, 0.1) is 11.1 Å². The number of halogens is 1. The highest BCUT2D eigenvalue weighted by Gasteiger charge is 2.38. The number of aromatic nitrogens is 1. The van der Waals surface area contributed by atoms with Gasteiger partial charge in [0, 0.05) is 34.6 Å². The number of carbonyl (C=O) groups excluding carboxylic acids is 1. The second-order valence-corrected chi connectivity index (χ2v) is 11.9. The van der Waals surface area contributed by atoms with Crippen LogP contribution in [-0.4, -0.2) is 27.7 Å². The van der Waals surface area contributed by atoms with Crippen molar-refractivity contribution in [3.05, 3.63) is 99.2 Å². The molecule has 4 aromatic rings. The number of rotatable bonds is 10. The van der Waals surface area contributed by atoms with Crippen molar-refractivity contribution in [3.8, 4) is 5.75 Å². The molecular weight excluding hydrogens is 536 g/mol. The van der Waals surface area contributed by atoms with Crippen molar-refractivity contribution in [1.82, 2.24) is 9.88 Å². The number of aliphatic carboxylic acids is 1. The average molecular weight is 573 g/mol. The number of fused-ring (bicyclic) bond motifs is 1. The van der Waals surface area contributed by atoms with Gasteiger partial charge in [-0.05, 0) is 92.1 Å². The van der Waals surface area contributed by atoms with Gasteiger partial charge in [0.25, 0.3) is 5.91 Å². The van der Waals surface area contributed by atoms with Crippen molar-refractivity contribution in [2.45, 2.75) is 72.1 Å². The Bertz CT molecular complexity index is 1620. The average Bonchev–Trinajstić information content (AvgIpc) is 3.76. The zero-order valence-electron chi connectivity index (χ0n) is 24.2. The first kappa shape index (κ1) is 28.7. The summed E-state index contributed by atoms with van der Waals surface area (Å²) in [4.78, 5) is 25.0. The molecule has 1 unspecified atom stereocenters. The minimum absolute atomic E-state index is 0.0325. The third-order valence-electron chi connectivity index (χ3n) is 8.21. The molecule has 214 valence electrons. The molecule has 1 saturated carbocycles. The molecule has 1 amide bonds. The second-order valence-electron chi connectivity index (χ2n) is 11.5. The van der Waals surface area contributed by atoms with Crippen LogP contribution in [0.4, 0.5) is 0 Å². The Morgan fingerprint density at radius 3 is 2.44 bits per heavy atom. The van der Waals surface area contributed by atoms with Crippen molar-refractivity contribution in [2.24, 2.45) is 5.92 Å². The Morgan fingerprint density at radius 2 is 1.76 bits per heavy atom. The van der Waals surface area contributed by atoms with Crippen LogP contribution in [0.1, 0.15) is 83.9 Å². The number of carbonyl (C=O) groups is 2. The lowest BCUT2D eigenvalue weighted by molar-refractivity contribution is -0.146. The number of benzene rings is 3. The highest BCUT2D eigenvalue weighted by Crippen LogP contribution is 2.37. The Morgan fingerprint density at radius 1 is 1.02 bits per heavy atom. The monoisotopic (exact) mass is 572 g/mol. The molecule has 1 fully saturated rings. The van der Waals surface area contributed by atoms with Crippen molar-refractivity contribution in [1.29, 1.82) is 0 Å². The lowest BCUT2D eigenvalue weighted by atomic mass is 9.98. The van der Waals surface area contributed by atoms with E-state index in [-0.39, 0.29) is 17.9 Å². The first-order valence-electron chi connectivity index (χ1n) is 14.2. The number of carboxylic acids is 1. The van der Waals surface area contributed by atoms with Crippen LogP contribution in [0.25, 0.3) is 10.9 Å². The van der Waals surface area contributed by atoms with Crippen LogP contribution in [0.15, 0.2) is 60.7 Å². The summed E-state index contributed by atoms with van der Waals surface area (Å²) < 4.78 is 8.07. The fourth-order valence-corrected chi connectivity index (χ4v) is 5.51. The molecule has 0 aliphatic heterocycles. The van der Waals surface area contributed by atoms with E-state index < -0.39 is 12.1 Å². The van der Waals surface area contributed by atoms with Crippen molar-refractivity contribution in [3.63, 3.8) is 0 Å². The molecule has 5 rings (SSSR count). The Hall–Kier alpha value is -3.77. The van der Waals surface area contributed by atoms with Crippen molar-refractivity contribution < 1.29 is 19.4 Å². The number of nitrogens with one attached hydrogen (secondary N) is 1. The van der Waals surface area contributed by atoms with Gasteiger partial charge >= 0.3 is 5.97 Å². The van der Waals surface area contributed by atoms with E-state index in [1.54, 1.807) is 6.07 Å². The fourth-order valence-electron chi connectivity index (χ4n) is 5.35. The summed E-state index contributed by atoms with van der Waals surface area (Å²) in [5.41, 5.74) is 7.12. The maximum Gasteiger partial charge on any atom is 0.345 e. The molecule has 1 aliphatic carbocycles. The maximum absolute atomic E-state index is 13.3. The van der Waals surface area contributed by atoms with Crippen LogP contribution in [0.2, 0.25) is 5.02 Å². The number of carboxylic acid groups (broad SMARTS) is 1. The maximum atomic E-state index is 13.3. The van der Waals surface area contributed by atoms with Crippen LogP contribution >= 0.6 is 11.6 Å². The van der Waals surface area contributed by atoms with E-state index in [1.807, 2.05) is 43.3 Å². The smallest absolute Gasteiger partial charge is 0.345 e.